The number of nitrogens with zero attached hydrogens (tertiary/aromatic N) is 4. The van der Waals surface area contributed by atoms with Gasteiger partial charge in [0.15, 0.2) is 0 Å². The average Bonchev–Trinajstić information content (AvgIpc) is 2.90. The second-order valence-corrected chi connectivity index (χ2v) is 8.67. The summed E-state index contributed by atoms with van der Waals surface area (Å²) < 4.78 is 16.8. The number of carbonyl (C=O) groups is 2. The zero-order chi connectivity index (χ0) is 24.0. The summed E-state index contributed by atoms with van der Waals surface area (Å²) in [6.45, 7) is 6.89. The van der Waals surface area contributed by atoms with Crippen LogP contribution in [0.4, 0.5) is 17.3 Å². The monoisotopic (exact) mass is 482 g/mol. The van der Waals surface area contributed by atoms with Crippen LogP contribution >= 0.6 is 0 Å². The highest BCUT2D eigenvalue weighted by Gasteiger charge is 2.20. The topological polar surface area (TPSA) is 118 Å². The van der Waals surface area contributed by atoms with E-state index >= 15 is 0 Å². The number of anilines is 3. The van der Waals surface area contributed by atoms with Gasteiger partial charge in [-0.15, -0.1) is 0 Å². The van der Waals surface area contributed by atoms with Crippen LogP contribution in [-0.2, 0) is 20.7 Å². The Bertz CT molecular complexity index is 1070. The first-order chi connectivity index (χ1) is 17.1. The normalized spacial score (nSPS) is 18.5. The SMILES string of the molecule is O=C1CCc2cc(NC(=O)c3cc(OCCN4CCOCC4)nc(N4CCOCC4)n3)ccc2N1. The van der Waals surface area contributed by atoms with Crippen LogP contribution < -0.4 is 20.3 Å². The third kappa shape index (κ3) is 6.05. The molecule has 2 aromatic rings. The molecule has 35 heavy (non-hydrogen) atoms. The third-order valence-corrected chi connectivity index (χ3v) is 6.24. The third-order valence-electron chi connectivity index (χ3n) is 6.24. The van der Waals surface area contributed by atoms with Crippen molar-refractivity contribution >= 4 is 29.1 Å². The molecule has 4 heterocycles. The first kappa shape index (κ1) is 23.5. The minimum Gasteiger partial charge on any atom is -0.476 e. The molecule has 2 saturated heterocycles. The summed E-state index contributed by atoms with van der Waals surface area (Å²) in [5.41, 5.74) is 2.65. The Kier molecular flexibility index (Phi) is 7.36. The van der Waals surface area contributed by atoms with E-state index in [2.05, 4.69) is 25.5 Å². The number of aromatic nitrogens is 2. The van der Waals surface area contributed by atoms with Crippen LogP contribution in [-0.4, -0.2) is 92.4 Å². The number of fused-ring (bicyclic) bond motifs is 1. The van der Waals surface area contributed by atoms with Crippen molar-refractivity contribution in [1.82, 2.24) is 14.9 Å². The maximum absolute atomic E-state index is 13.2. The summed E-state index contributed by atoms with van der Waals surface area (Å²) in [4.78, 5) is 38.1. The van der Waals surface area contributed by atoms with Gasteiger partial charge in [0.2, 0.25) is 17.7 Å². The second kappa shape index (κ2) is 11.0. The number of nitrogens with one attached hydrogen (secondary N) is 2. The minimum absolute atomic E-state index is 0.00654. The molecule has 0 bridgehead atoms. The first-order valence-corrected chi connectivity index (χ1v) is 12.0. The van der Waals surface area contributed by atoms with Crippen LogP contribution in [0.2, 0.25) is 0 Å². The molecule has 2 amide bonds. The fraction of sp³-hybridized carbons (Fsp3) is 0.500. The predicted molar refractivity (Wildman–Crippen MR) is 129 cm³/mol. The first-order valence-electron chi connectivity index (χ1n) is 12.0. The number of hydrogen-bond acceptors (Lipinski definition) is 9. The Balaban J connectivity index is 1.30. The zero-order valence-corrected chi connectivity index (χ0v) is 19.6. The van der Waals surface area contributed by atoms with Crippen LogP contribution in [0.25, 0.3) is 0 Å². The summed E-state index contributed by atoms with van der Waals surface area (Å²) in [5, 5.41) is 5.77. The van der Waals surface area contributed by atoms with E-state index in [9.17, 15) is 9.59 Å². The molecule has 0 atom stereocenters. The van der Waals surface area contributed by atoms with E-state index in [-0.39, 0.29) is 17.5 Å². The number of aryl methyl sites for hydroxylation is 1. The predicted octanol–water partition coefficient (Wildman–Crippen LogP) is 1.16. The Morgan fingerprint density at radius 1 is 1.03 bits per heavy atom. The lowest BCUT2D eigenvalue weighted by Crippen LogP contribution is -2.39. The number of morpholine rings is 2. The van der Waals surface area contributed by atoms with Gasteiger partial charge in [0, 0.05) is 56.6 Å². The van der Waals surface area contributed by atoms with E-state index < -0.39 is 0 Å². The van der Waals surface area contributed by atoms with Crippen molar-refractivity contribution in [1.29, 1.82) is 0 Å². The molecule has 0 saturated carbocycles. The van der Waals surface area contributed by atoms with Gasteiger partial charge < -0.3 is 29.7 Å². The smallest absolute Gasteiger partial charge is 0.274 e. The number of carbonyl (C=O) groups excluding carboxylic acids is 2. The average molecular weight is 483 g/mol. The van der Waals surface area contributed by atoms with Gasteiger partial charge in [-0.05, 0) is 30.2 Å². The van der Waals surface area contributed by atoms with Crippen LogP contribution in [0.5, 0.6) is 5.88 Å². The fourth-order valence-electron chi connectivity index (χ4n) is 4.27. The standard InChI is InChI=1S/C24H30N6O5/c31-21-4-1-17-15-18(2-3-19(17)26-21)25-23(32)20-16-22(35-14-7-29-5-10-33-11-6-29)28-24(27-20)30-8-12-34-13-9-30/h2-3,15-16H,1,4-14H2,(H,25,32)(H,26,31). The molecule has 11 nitrogen and oxygen atoms in total. The van der Waals surface area contributed by atoms with E-state index in [0.29, 0.717) is 63.3 Å². The summed E-state index contributed by atoms with van der Waals surface area (Å²) in [6.07, 6.45) is 1.07. The Morgan fingerprint density at radius 3 is 2.60 bits per heavy atom. The van der Waals surface area contributed by atoms with Gasteiger partial charge in [-0.2, -0.15) is 4.98 Å². The number of amides is 2. The number of hydrogen-bond donors (Lipinski definition) is 2. The van der Waals surface area contributed by atoms with Gasteiger partial charge in [0.05, 0.1) is 26.4 Å². The summed E-state index contributed by atoms with van der Waals surface area (Å²) in [6, 6.07) is 7.04. The molecule has 11 heteroatoms. The fourth-order valence-corrected chi connectivity index (χ4v) is 4.27. The summed E-state index contributed by atoms with van der Waals surface area (Å²) in [7, 11) is 0. The van der Waals surface area contributed by atoms with Crippen molar-refractivity contribution in [3.63, 3.8) is 0 Å². The van der Waals surface area contributed by atoms with Gasteiger partial charge >= 0.3 is 0 Å². The molecule has 186 valence electrons. The molecular weight excluding hydrogens is 452 g/mol. The quantitative estimate of drug-likeness (QED) is 0.599. The Hall–Kier alpha value is -3.28. The van der Waals surface area contributed by atoms with Gasteiger partial charge in [0.25, 0.3) is 5.91 Å². The second-order valence-electron chi connectivity index (χ2n) is 8.67. The number of rotatable bonds is 7. The van der Waals surface area contributed by atoms with Crippen molar-refractivity contribution in [2.45, 2.75) is 12.8 Å². The van der Waals surface area contributed by atoms with Gasteiger partial charge in [0.1, 0.15) is 12.3 Å². The zero-order valence-electron chi connectivity index (χ0n) is 19.6. The molecular formula is C24H30N6O5. The van der Waals surface area contributed by atoms with Crippen molar-refractivity contribution in [2.75, 3.05) is 81.3 Å². The van der Waals surface area contributed by atoms with Crippen molar-refractivity contribution in [3.8, 4) is 5.88 Å². The molecule has 1 aromatic carbocycles. The van der Waals surface area contributed by atoms with E-state index in [1.807, 2.05) is 11.0 Å². The molecule has 2 fully saturated rings. The molecule has 0 unspecified atom stereocenters. The number of benzene rings is 1. The highest BCUT2D eigenvalue weighted by atomic mass is 16.5. The number of ether oxygens (including phenoxy) is 3. The van der Waals surface area contributed by atoms with Crippen LogP contribution in [0.15, 0.2) is 24.3 Å². The van der Waals surface area contributed by atoms with Gasteiger partial charge in [-0.25, -0.2) is 4.98 Å². The maximum atomic E-state index is 13.2. The highest BCUT2D eigenvalue weighted by Crippen LogP contribution is 2.26. The molecule has 0 spiro atoms. The maximum Gasteiger partial charge on any atom is 0.274 e. The van der Waals surface area contributed by atoms with E-state index in [0.717, 1.165) is 44.1 Å². The molecule has 2 N–H and O–H groups in total. The molecule has 1 aromatic heterocycles. The van der Waals surface area contributed by atoms with E-state index in [1.165, 1.54) is 0 Å². The molecule has 5 rings (SSSR count). The lowest BCUT2D eigenvalue weighted by atomic mass is 10.0. The lowest BCUT2D eigenvalue weighted by Gasteiger charge is -2.27. The lowest BCUT2D eigenvalue weighted by molar-refractivity contribution is -0.116. The van der Waals surface area contributed by atoms with E-state index in [4.69, 9.17) is 14.2 Å². The van der Waals surface area contributed by atoms with Crippen molar-refractivity contribution in [3.05, 3.63) is 35.5 Å². The highest BCUT2D eigenvalue weighted by molar-refractivity contribution is 6.03. The summed E-state index contributed by atoms with van der Waals surface area (Å²) >= 11 is 0. The molecule has 0 radical (unpaired) electrons. The van der Waals surface area contributed by atoms with Gasteiger partial charge in [-0.1, -0.05) is 0 Å². The van der Waals surface area contributed by atoms with Crippen LogP contribution in [0.3, 0.4) is 0 Å². The molecule has 3 aliphatic heterocycles. The van der Waals surface area contributed by atoms with E-state index in [1.54, 1.807) is 18.2 Å². The minimum atomic E-state index is -0.347. The van der Waals surface area contributed by atoms with Crippen molar-refractivity contribution < 1.29 is 23.8 Å². The largest absolute Gasteiger partial charge is 0.476 e. The van der Waals surface area contributed by atoms with Crippen LogP contribution in [0.1, 0.15) is 22.5 Å². The molecule has 0 aliphatic carbocycles. The Labute approximate surface area is 203 Å². The molecule has 3 aliphatic rings. The van der Waals surface area contributed by atoms with Crippen LogP contribution in [0, 0.1) is 0 Å². The van der Waals surface area contributed by atoms with Crippen molar-refractivity contribution in [2.24, 2.45) is 0 Å². The Morgan fingerprint density at radius 2 is 1.80 bits per heavy atom. The summed E-state index contributed by atoms with van der Waals surface area (Å²) in [5.74, 6) is 0.482. The van der Waals surface area contributed by atoms with Gasteiger partial charge in [-0.3, -0.25) is 14.5 Å².